The molecule has 28 heavy (non-hydrogen) atoms. The molecule has 0 bridgehead atoms. The number of aryl methyl sites for hydroxylation is 1. The van der Waals surface area contributed by atoms with Gasteiger partial charge in [0.25, 0.3) is 0 Å². The molecule has 0 heterocycles. The molecule has 0 saturated carbocycles. The fourth-order valence-electron chi connectivity index (χ4n) is 2.91. The Morgan fingerprint density at radius 3 is 2.25 bits per heavy atom. The van der Waals surface area contributed by atoms with Crippen LogP contribution in [-0.4, -0.2) is 28.6 Å². The van der Waals surface area contributed by atoms with Crippen molar-refractivity contribution >= 4 is 16.0 Å². The van der Waals surface area contributed by atoms with Gasteiger partial charge >= 0.3 is 5.97 Å². The molecule has 0 saturated heterocycles. The van der Waals surface area contributed by atoms with Gasteiger partial charge < -0.3 is 9.47 Å². The number of carbonyl (C=O) groups excluding carboxylic acids is 1. The molecule has 1 atom stereocenters. The Hall–Kier alpha value is -2.38. The van der Waals surface area contributed by atoms with Crippen molar-refractivity contribution in [1.82, 2.24) is 4.72 Å². The van der Waals surface area contributed by atoms with Crippen molar-refractivity contribution in [2.75, 3.05) is 14.2 Å². The second-order valence-electron chi connectivity index (χ2n) is 7.04. The third-order valence-corrected chi connectivity index (χ3v) is 5.92. The standard InChI is InChI=1S/C21H27NO5S/c1-14(2)12-20(16-7-9-17(26-4)10-8-16)22-28(24,25)18-11-6-15(3)19(13-18)21(23)27-5/h6-11,13-14,20,22H,12H2,1-5H3. The van der Waals surface area contributed by atoms with Crippen LogP contribution in [0.3, 0.4) is 0 Å². The third kappa shape index (κ3) is 5.33. The van der Waals surface area contributed by atoms with E-state index in [-0.39, 0.29) is 16.4 Å². The average Bonchev–Trinajstić information content (AvgIpc) is 2.66. The second-order valence-corrected chi connectivity index (χ2v) is 8.76. The molecule has 152 valence electrons. The summed E-state index contributed by atoms with van der Waals surface area (Å²) in [5.41, 5.74) is 1.73. The molecule has 0 aliphatic carbocycles. The van der Waals surface area contributed by atoms with Crippen molar-refractivity contribution in [2.24, 2.45) is 5.92 Å². The summed E-state index contributed by atoms with van der Waals surface area (Å²) in [5, 5.41) is 0. The first kappa shape index (κ1) is 21.9. The molecule has 7 heteroatoms. The van der Waals surface area contributed by atoms with E-state index in [1.807, 2.05) is 26.0 Å². The number of nitrogens with one attached hydrogen (secondary N) is 1. The summed E-state index contributed by atoms with van der Waals surface area (Å²) in [4.78, 5) is 11.9. The Morgan fingerprint density at radius 2 is 1.71 bits per heavy atom. The number of carbonyl (C=O) groups is 1. The average molecular weight is 406 g/mol. The van der Waals surface area contributed by atoms with Crippen LogP contribution in [0.4, 0.5) is 0 Å². The van der Waals surface area contributed by atoms with E-state index < -0.39 is 22.0 Å². The number of hydrogen-bond acceptors (Lipinski definition) is 5. The first-order chi connectivity index (χ1) is 13.2. The highest BCUT2D eigenvalue weighted by Gasteiger charge is 2.24. The van der Waals surface area contributed by atoms with Crippen molar-refractivity contribution in [3.63, 3.8) is 0 Å². The van der Waals surface area contributed by atoms with Gasteiger partial charge in [0, 0.05) is 6.04 Å². The van der Waals surface area contributed by atoms with E-state index in [1.165, 1.54) is 19.2 Å². The van der Waals surface area contributed by atoms with E-state index in [4.69, 9.17) is 9.47 Å². The number of sulfonamides is 1. The Balaban J connectivity index is 2.38. The monoisotopic (exact) mass is 405 g/mol. The normalized spacial score (nSPS) is 12.6. The number of ether oxygens (including phenoxy) is 2. The third-order valence-electron chi connectivity index (χ3n) is 4.45. The lowest BCUT2D eigenvalue weighted by molar-refractivity contribution is 0.0599. The van der Waals surface area contributed by atoms with E-state index in [0.717, 1.165) is 5.56 Å². The number of hydrogen-bond donors (Lipinski definition) is 1. The minimum atomic E-state index is -3.84. The smallest absolute Gasteiger partial charge is 0.338 e. The highest BCUT2D eigenvalue weighted by molar-refractivity contribution is 7.89. The molecule has 2 aromatic rings. The van der Waals surface area contributed by atoms with Gasteiger partial charge in [-0.15, -0.1) is 0 Å². The summed E-state index contributed by atoms with van der Waals surface area (Å²) in [5.74, 6) is 0.415. The number of benzene rings is 2. The number of esters is 1. The van der Waals surface area contributed by atoms with Gasteiger partial charge in [-0.05, 0) is 54.7 Å². The largest absolute Gasteiger partial charge is 0.497 e. The molecule has 0 aliphatic rings. The molecule has 2 aromatic carbocycles. The Bertz CT molecular complexity index is 920. The van der Waals surface area contributed by atoms with Gasteiger partial charge in [0.05, 0.1) is 24.7 Å². The van der Waals surface area contributed by atoms with Crippen molar-refractivity contribution in [3.8, 4) is 5.75 Å². The van der Waals surface area contributed by atoms with Crippen molar-refractivity contribution < 1.29 is 22.7 Å². The topological polar surface area (TPSA) is 81.7 Å². The molecule has 6 nitrogen and oxygen atoms in total. The first-order valence-electron chi connectivity index (χ1n) is 9.03. The molecule has 0 radical (unpaired) electrons. The maximum atomic E-state index is 13.0. The molecule has 0 fully saturated rings. The fraction of sp³-hybridized carbons (Fsp3) is 0.381. The molecule has 2 rings (SSSR count). The quantitative estimate of drug-likeness (QED) is 0.675. The van der Waals surface area contributed by atoms with Gasteiger partial charge in [-0.1, -0.05) is 32.0 Å². The van der Waals surface area contributed by atoms with E-state index in [0.29, 0.717) is 17.7 Å². The summed E-state index contributed by atoms with van der Waals surface area (Å²) >= 11 is 0. The first-order valence-corrected chi connectivity index (χ1v) is 10.5. The summed E-state index contributed by atoms with van der Waals surface area (Å²) in [6.07, 6.45) is 0.626. The SMILES string of the molecule is COC(=O)c1cc(S(=O)(=O)NC(CC(C)C)c2ccc(OC)cc2)ccc1C. The minimum Gasteiger partial charge on any atom is -0.497 e. The molecular weight excluding hydrogens is 378 g/mol. The zero-order chi connectivity index (χ0) is 20.9. The highest BCUT2D eigenvalue weighted by Crippen LogP contribution is 2.26. The molecular formula is C21H27NO5S. The van der Waals surface area contributed by atoms with Crippen LogP contribution in [0, 0.1) is 12.8 Å². The fourth-order valence-corrected chi connectivity index (χ4v) is 4.18. The van der Waals surface area contributed by atoms with Crippen LogP contribution in [0.25, 0.3) is 0 Å². The van der Waals surface area contributed by atoms with Gasteiger partial charge in [-0.3, -0.25) is 0 Å². The lowest BCUT2D eigenvalue weighted by atomic mass is 9.98. The van der Waals surface area contributed by atoms with E-state index in [2.05, 4.69) is 4.72 Å². The highest BCUT2D eigenvalue weighted by atomic mass is 32.2. The Morgan fingerprint density at radius 1 is 1.07 bits per heavy atom. The summed E-state index contributed by atoms with van der Waals surface area (Å²) in [6, 6.07) is 11.3. The maximum Gasteiger partial charge on any atom is 0.338 e. The number of rotatable bonds is 8. The molecule has 1 N–H and O–H groups in total. The Kier molecular flexibility index (Phi) is 7.21. The maximum absolute atomic E-state index is 13.0. The zero-order valence-electron chi connectivity index (χ0n) is 16.9. The van der Waals surface area contributed by atoms with Crippen molar-refractivity contribution in [3.05, 3.63) is 59.2 Å². The van der Waals surface area contributed by atoms with Crippen LogP contribution >= 0.6 is 0 Å². The van der Waals surface area contributed by atoms with Gasteiger partial charge in [-0.2, -0.15) is 0 Å². The van der Waals surface area contributed by atoms with E-state index in [1.54, 1.807) is 32.2 Å². The summed E-state index contributed by atoms with van der Waals surface area (Å²) in [6.45, 7) is 5.80. The zero-order valence-corrected chi connectivity index (χ0v) is 17.7. The van der Waals surface area contributed by atoms with Gasteiger partial charge in [-0.25, -0.2) is 17.9 Å². The molecule has 0 spiro atoms. The van der Waals surface area contributed by atoms with Crippen LogP contribution in [-0.2, 0) is 14.8 Å². The molecule has 0 amide bonds. The van der Waals surface area contributed by atoms with Crippen LogP contribution in [0.2, 0.25) is 0 Å². The van der Waals surface area contributed by atoms with E-state index in [9.17, 15) is 13.2 Å². The van der Waals surface area contributed by atoms with Crippen LogP contribution in [0.1, 0.15) is 47.8 Å². The minimum absolute atomic E-state index is 0.0285. The van der Waals surface area contributed by atoms with Gasteiger partial charge in [0.15, 0.2) is 0 Å². The Labute approximate surface area is 166 Å². The second kappa shape index (κ2) is 9.21. The van der Waals surface area contributed by atoms with E-state index >= 15 is 0 Å². The predicted octanol–water partition coefficient (Wildman–Crippen LogP) is 3.86. The lowest BCUT2D eigenvalue weighted by Crippen LogP contribution is -2.30. The predicted molar refractivity (Wildman–Crippen MR) is 108 cm³/mol. The van der Waals surface area contributed by atoms with Crippen molar-refractivity contribution in [2.45, 2.75) is 38.1 Å². The molecule has 0 aliphatic heterocycles. The summed E-state index contributed by atoms with van der Waals surface area (Å²) < 4.78 is 38.7. The molecule has 1 unspecified atom stereocenters. The van der Waals surface area contributed by atoms with Crippen LogP contribution in [0.15, 0.2) is 47.4 Å². The number of methoxy groups -OCH3 is 2. The lowest BCUT2D eigenvalue weighted by Gasteiger charge is -2.21. The molecule has 0 aromatic heterocycles. The van der Waals surface area contributed by atoms with Gasteiger partial charge in [0.2, 0.25) is 10.0 Å². The van der Waals surface area contributed by atoms with Gasteiger partial charge in [0.1, 0.15) is 5.75 Å². The van der Waals surface area contributed by atoms with Crippen molar-refractivity contribution in [1.29, 1.82) is 0 Å². The summed E-state index contributed by atoms with van der Waals surface area (Å²) in [7, 11) is -0.989. The van der Waals surface area contributed by atoms with Crippen LogP contribution in [0.5, 0.6) is 5.75 Å². The van der Waals surface area contributed by atoms with Crippen LogP contribution < -0.4 is 9.46 Å².